The summed E-state index contributed by atoms with van der Waals surface area (Å²) in [5.41, 5.74) is 0. The SMILES string of the molecule is O=C1C2C3C=CC(S3)C2C(=O)N1COC1CCCCC1. The number of rotatable bonds is 3. The summed E-state index contributed by atoms with van der Waals surface area (Å²) < 4.78 is 5.82. The fourth-order valence-electron chi connectivity index (χ4n) is 3.90. The van der Waals surface area contributed by atoms with Gasteiger partial charge in [-0.15, -0.1) is 11.8 Å². The summed E-state index contributed by atoms with van der Waals surface area (Å²) in [5, 5.41) is 0.419. The third-order valence-electron chi connectivity index (χ3n) is 4.99. The van der Waals surface area contributed by atoms with E-state index in [0.29, 0.717) is 0 Å². The van der Waals surface area contributed by atoms with E-state index in [0.717, 1.165) is 12.8 Å². The van der Waals surface area contributed by atoms with Crippen LogP contribution in [0.5, 0.6) is 0 Å². The van der Waals surface area contributed by atoms with Crippen molar-refractivity contribution in [1.82, 2.24) is 4.90 Å². The van der Waals surface area contributed by atoms with Gasteiger partial charge in [-0.05, 0) is 12.8 Å². The van der Waals surface area contributed by atoms with E-state index in [9.17, 15) is 9.59 Å². The van der Waals surface area contributed by atoms with Crippen LogP contribution < -0.4 is 0 Å². The minimum absolute atomic E-state index is 0.0137. The van der Waals surface area contributed by atoms with E-state index in [-0.39, 0.29) is 47.0 Å². The zero-order valence-corrected chi connectivity index (χ0v) is 12.2. The zero-order chi connectivity index (χ0) is 13.7. The van der Waals surface area contributed by atoms with Crippen molar-refractivity contribution >= 4 is 23.6 Å². The lowest BCUT2D eigenvalue weighted by atomic mass is 9.85. The van der Waals surface area contributed by atoms with Crippen LogP contribution in [0.15, 0.2) is 12.2 Å². The molecule has 0 aromatic rings. The van der Waals surface area contributed by atoms with Gasteiger partial charge in [-0.25, -0.2) is 0 Å². The molecule has 3 aliphatic heterocycles. The lowest BCUT2D eigenvalue weighted by molar-refractivity contribution is -0.149. The Bertz CT molecular complexity index is 442. The molecule has 0 N–H and O–H groups in total. The maximum Gasteiger partial charge on any atom is 0.236 e. The minimum Gasteiger partial charge on any atom is -0.357 e. The van der Waals surface area contributed by atoms with Crippen LogP contribution in [0.1, 0.15) is 32.1 Å². The molecule has 0 aromatic heterocycles. The van der Waals surface area contributed by atoms with E-state index in [4.69, 9.17) is 4.74 Å². The second-order valence-corrected chi connectivity index (χ2v) is 7.52. The third-order valence-corrected chi connectivity index (χ3v) is 6.52. The number of carbonyl (C=O) groups is 2. The molecule has 3 heterocycles. The molecule has 4 atom stereocenters. The number of fused-ring (bicyclic) bond motifs is 5. The summed E-state index contributed by atoms with van der Waals surface area (Å²) in [6, 6.07) is 0. The van der Waals surface area contributed by atoms with E-state index in [2.05, 4.69) is 12.2 Å². The van der Waals surface area contributed by atoms with Gasteiger partial charge in [0.15, 0.2) is 0 Å². The Morgan fingerprint density at radius 1 is 1.05 bits per heavy atom. The van der Waals surface area contributed by atoms with Gasteiger partial charge in [0.05, 0.1) is 17.9 Å². The van der Waals surface area contributed by atoms with E-state index in [1.165, 1.54) is 24.2 Å². The normalized spacial score (nSPS) is 39.9. The Hall–Kier alpha value is -0.810. The lowest BCUT2D eigenvalue weighted by Gasteiger charge is -2.25. The number of nitrogens with zero attached hydrogens (tertiary/aromatic N) is 1. The van der Waals surface area contributed by atoms with Gasteiger partial charge in [0.25, 0.3) is 0 Å². The molecule has 4 aliphatic rings. The van der Waals surface area contributed by atoms with Gasteiger partial charge in [0.2, 0.25) is 11.8 Å². The topological polar surface area (TPSA) is 46.6 Å². The Balaban J connectivity index is 1.42. The van der Waals surface area contributed by atoms with Crippen molar-refractivity contribution < 1.29 is 14.3 Å². The van der Waals surface area contributed by atoms with Gasteiger partial charge < -0.3 is 4.74 Å². The number of likely N-dealkylation sites (tertiary alicyclic amines) is 1. The van der Waals surface area contributed by atoms with Gasteiger partial charge in [-0.3, -0.25) is 14.5 Å². The van der Waals surface area contributed by atoms with Crippen LogP contribution in [0, 0.1) is 11.8 Å². The monoisotopic (exact) mass is 293 g/mol. The van der Waals surface area contributed by atoms with E-state index < -0.39 is 0 Å². The highest BCUT2D eigenvalue weighted by Gasteiger charge is 2.60. The summed E-state index contributed by atoms with van der Waals surface area (Å²) in [4.78, 5) is 26.2. The highest BCUT2D eigenvalue weighted by Crippen LogP contribution is 2.53. The van der Waals surface area contributed by atoms with Gasteiger partial charge in [-0.1, -0.05) is 31.4 Å². The van der Waals surface area contributed by atoms with Crippen molar-refractivity contribution in [2.45, 2.75) is 48.7 Å². The average Bonchev–Trinajstić information content (AvgIpc) is 3.13. The van der Waals surface area contributed by atoms with E-state index >= 15 is 0 Å². The maximum atomic E-state index is 12.4. The van der Waals surface area contributed by atoms with Crippen LogP contribution in [-0.2, 0) is 14.3 Å². The number of imide groups is 1. The molecule has 2 bridgehead atoms. The highest BCUT2D eigenvalue weighted by atomic mass is 32.2. The second kappa shape index (κ2) is 4.88. The first kappa shape index (κ1) is 12.9. The molecule has 2 amide bonds. The standard InChI is InChI=1S/C15H19NO3S/c17-14-12-10-6-7-11(20-10)13(12)15(18)16(14)8-19-9-4-2-1-3-5-9/h6-7,9-13H,1-5,8H2. The fraction of sp³-hybridized carbons (Fsp3) is 0.733. The van der Waals surface area contributed by atoms with Crippen molar-refractivity contribution in [3.8, 4) is 0 Å². The van der Waals surface area contributed by atoms with Crippen molar-refractivity contribution in [2.24, 2.45) is 11.8 Å². The third kappa shape index (κ3) is 1.86. The molecule has 1 aliphatic carbocycles. The molecule has 1 saturated carbocycles. The summed E-state index contributed by atoms with van der Waals surface area (Å²) in [6.07, 6.45) is 10.2. The lowest BCUT2D eigenvalue weighted by Crippen LogP contribution is -2.37. The molecule has 0 spiro atoms. The van der Waals surface area contributed by atoms with Crippen molar-refractivity contribution in [1.29, 1.82) is 0 Å². The number of hydrogen-bond donors (Lipinski definition) is 0. The molecule has 4 nitrogen and oxygen atoms in total. The zero-order valence-electron chi connectivity index (χ0n) is 11.4. The second-order valence-electron chi connectivity index (χ2n) is 6.16. The number of carbonyl (C=O) groups excluding carboxylic acids is 2. The van der Waals surface area contributed by atoms with Gasteiger partial charge in [-0.2, -0.15) is 0 Å². The van der Waals surface area contributed by atoms with Crippen molar-refractivity contribution in [3.63, 3.8) is 0 Å². The number of amides is 2. The van der Waals surface area contributed by atoms with Crippen LogP contribution in [0.4, 0.5) is 0 Å². The molecular formula is C15H19NO3S. The largest absolute Gasteiger partial charge is 0.357 e. The van der Waals surface area contributed by atoms with Crippen molar-refractivity contribution in [3.05, 3.63) is 12.2 Å². The number of thioether (sulfide) groups is 1. The molecule has 4 rings (SSSR count). The molecule has 2 saturated heterocycles. The predicted molar refractivity (Wildman–Crippen MR) is 76.0 cm³/mol. The molecule has 5 heteroatoms. The molecular weight excluding hydrogens is 274 g/mol. The van der Waals surface area contributed by atoms with Crippen LogP contribution in [-0.4, -0.2) is 40.0 Å². The van der Waals surface area contributed by atoms with Gasteiger partial charge in [0, 0.05) is 10.5 Å². The Morgan fingerprint density at radius 2 is 1.65 bits per heavy atom. The summed E-state index contributed by atoms with van der Waals surface area (Å²) in [6.45, 7) is 0.166. The van der Waals surface area contributed by atoms with Crippen LogP contribution in [0.3, 0.4) is 0 Å². The number of hydrogen-bond acceptors (Lipinski definition) is 4. The first-order valence-electron chi connectivity index (χ1n) is 7.56. The first-order valence-corrected chi connectivity index (χ1v) is 8.50. The average molecular weight is 293 g/mol. The number of ether oxygens (including phenoxy) is 1. The molecule has 20 heavy (non-hydrogen) atoms. The van der Waals surface area contributed by atoms with Gasteiger partial charge >= 0.3 is 0 Å². The van der Waals surface area contributed by atoms with E-state index in [1.807, 2.05) is 0 Å². The maximum absolute atomic E-state index is 12.4. The first-order chi connectivity index (χ1) is 9.75. The Kier molecular flexibility index (Phi) is 3.15. The van der Waals surface area contributed by atoms with Gasteiger partial charge in [0.1, 0.15) is 6.73 Å². The van der Waals surface area contributed by atoms with Crippen LogP contribution >= 0.6 is 11.8 Å². The Morgan fingerprint density at radius 3 is 2.25 bits per heavy atom. The summed E-state index contributed by atoms with van der Waals surface area (Å²) in [7, 11) is 0. The highest BCUT2D eigenvalue weighted by molar-refractivity contribution is 8.01. The molecule has 0 radical (unpaired) electrons. The minimum atomic E-state index is -0.127. The quantitative estimate of drug-likeness (QED) is 0.589. The van der Waals surface area contributed by atoms with Crippen molar-refractivity contribution in [2.75, 3.05) is 6.73 Å². The molecule has 0 aromatic carbocycles. The van der Waals surface area contributed by atoms with Crippen LogP contribution in [0.25, 0.3) is 0 Å². The molecule has 4 unspecified atom stereocenters. The molecule has 108 valence electrons. The Labute approximate surface area is 122 Å². The predicted octanol–water partition coefficient (Wildman–Crippen LogP) is 1.95. The van der Waals surface area contributed by atoms with Crippen LogP contribution in [0.2, 0.25) is 0 Å². The van der Waals surface area contributed by atoms with E-state index in [1.54, 1.807) is 11.8 Å². The smallest absolute Gasteiger partial charge is 0.236 e. The molecule has 3 fully saturated rings. The fourth-order valence-corrected chi connectivity index (χ4v) is 5.54. The summed E-state index contributed by atoms with van der Waals surface area (Å²) >= 11 is 1.76. The summed E-state index contributed by atoms with van der Waals surface area (Å²) in [5.74, 6) is -0.282.